The molecule has 0 unspecified atom stereocenters. The topological polar surface area (TPSA) is 83.2 Å². The van der Waals surface area contributed by atoms with Gasteiger partial charge in [-0.2, -0.15) is 5.26 Å². The van der Waals surface area contributed by atoms with Crippen molar-refractivity contribution in [2.75, 3.05) is 0 Å². The number of carboxylic acids is 1. The van der Waals surface area contributed by atoms with E-state index in [2.05, 4.69) is 4.98 Å². The lowest BCUT2D eigenvalue weighted by molar-refractivity contribution is 0.0692. The molecule has 1 aromatic heterocycles. The molecule has 19 heavy (non-hydrogen) atoms. The van der Waals surface area contributed by atoms with Crippen LogP contribution in [0.15, 0.2) is 36.5 Å². The van der Waals surface area contributed by atoms with E-state index in [1.54, 1.807) is 0 Å². The van der Waals surface area contributed by atoms with Gasteiger partial charge in [-0.15, -0.1) is 0 Å². The summed E-state index contributed by atoms with van der Waals surface area (Å²) in [6, 6.07) is 8.17. The first-order valence-electron chi connectivity index (χ1n) is 5.17. The zero-order valence-electron chi connectivity index (χ0n) is 9.50. The van der Waals surface area contributed by atoms with Gasteiger partial charge in [0, 0.05) is 18.3 Å². The molecule has 0 saturated heterocycles. The number of aromatic carboxylic acids is 1. The van der Waals surface area contributed by atoms with Crippen molar-refractivity contribution < 1.29 is 19.0 Å². The van der Waals surface area contributed by atoms with Crippen LogP contribution in [0, 0.1) is 17.1 Å². The predicted octanol–water partition coefficient (Wildman–Crippen LogP) is 2.58. The molecule has 1 heterocycles. The second-order valence-electron chi connectivity index (χ2n) is 3.54. The van der Waals surface area contributed by atoms with Crippen LogP contribution in [0.3, 0.4) is 0 Å². The molecule has 94 valence electrons. The molecule has 1 aromatic carbocycles. The largest absolute Gasteiger partial charge is 0.478 e. The lowest BCUT2D eigenvalue weighted by Crippen LogP contribution is -2.00. The van der Waals surface area contributed by atoms with Gasteiger partial charge in [-0.3, -0.25) is 0 Å². The number of benzene rings is 1. The molecule has 0 spiro atoms. The van der Waals surface area contributed by atoms with E-state index in [0.29, 0.717) is 5.56 Å². The molecule has 0 atom stereocenters. The first kappa shape index (κ1) is 12.5. The van der Waals surface area contributed by atoms with Crippen LogP contribution in [0.2, 0.25) is 0 Å². The summed E-state index contributed by atoms with van der Waals surface area (Å²) in [5.41, 5.74) is -0.0845. The first-order valence-corrected chi connectivity index (χ1v) is 5.17. The Hall–Kier alpha value is -2.94. The highest BCUT2D eigenvalue weighted by molar-refractivity contribution is 5.88. The van der Waals surface area contributed by atoms with Gasteiger partial charge in [-0.1, -0.05) is 0 Å². The molecule has 0 aliphatic heterocycles. The van der Waals surface area contributed by atoms with Crippen LogP contribution < -0.4 is 4.74 Å². The Kier molecular flexibility index (Phi) is 3.39. The Bertz CT molecular complexity index is 680. The van der Waals surface area contributed by atoms with Crippen LogP contribution in [0.4, 0.5) is 4.39 Å². The number of aromatic nitrogens is 1. The van der Waals surface area contributed by atoms with E-state index in [1.807, 2.05) is 6.07 Å². The summed E-state index contributed by atoms with van der Waals surface area (Å²) in [7, 11) is 0. The standard InChI is InChI=1S/C13H7FN2O3/c14-11-6-9(1-2-10(11)13(17)18)19-12-5-8(7-15)3-4-16-12/h1-6H,(H,17,18). The van der Waals surface area contributed by atoms with Gasteiger partial charge in [0.05, 0.1) is 17.2 Å². The molecular formula is C13H7FN2O3. The third-order valence-corrected chi connectivity index (χ3v) is 2.26. The van der Waals surface area contributed by atoms with Crippen molar-refractivity contribution in [1.82, 2.24) is 4.98 Å². The molecule has 2 rings (SSSR count). The van der Waals surface area contributed by atoms with E-state index in [9.17, 15) is 9.18 Å². The SMILES string of the molecule is N#Cc1ccnc(Oc2ccc(C(=O)O)c(F)c2)c1. The second-order valence-corrected chi connectivity index (χ2v) is 3.54. The van der Waals surface area contributed by atoms with Gasteiger partial charge in [0.15, 0.2) is 0 Å². The zero-order chi connectivity index (χ0) is 13.8. The molecular weight excluding hydrogens is 251 g/mol. The summed E-state index contributed by atoms with van der Waals surface area (Å²) in [5.74, 6) is -2.03. The lowest BCUT2D eigenvalue weighted by Gasteiger charge is -2.05. The van der Waals surface area contributed by atoms with Crippen LogP contribution in [0.1, 0.15) is 15.9 Å². The van der Waals surface area contributed by atoms with E-state index < -0.39 is 17.3 Å². The second kappa shape index (κ2) is 5.14. The molecule has 5 nitrogen and oxygen atoms in total. The average Bonchev–Trinajstić information content (AvgIpc) is 2.38. The number of nitriles is 1. The Balaban J connectivity index is 2.26. The van der Waals surface area contributed by atoms with Crippen LogP contribution in [0.25, 0.3) is 0 Å². The molecule has 0 saturated carbocycles. The molecule has 6 heteroatoms. The van der Waals surface area contributed by atoms with Gasteiger partial charge in [-0.05, 0) is 18.2 Å². The number of pyridine rings is 1. The quantitative estimate of drug-likeness (QED) is 0.914. The Labute approximate surface area is 107 Å². The van der Waals surface area contributed by atoms with Crippen molar-refractivity contribution >= 4 is 5.97 Å². The third-order valence-electron chi connectivity index (χ3n) is 2.26. The van der Waals surface area contributed by atoms with Gasteiger partial charge in [0.25, 0.3) is 0 Å². The predicted molar refractivity (Wildman–Crippen MR) is 62.4 cm³/mol. The zero-order valence-corrected chi connectivity index (χ0v) is 9.50. The first-order chi connectivity index (χ1) is 9.10. The number of nitrogens with zero attached hydrogens (tertiary/aromatic N) is 2. The highest BCUT2D eigenvalue weighted by Crippen LogP contribution is 2.22. The summed E-state index contributed by atoms with van der Waals surface area (Å²) in [6.45, 7) is 0. The van der Waals surface area contributed by atoms with Crippen molar-refractivity contribution in [1.29, 1.82) is 5.26 Å². The molecule has 0 bridgehead atoms. The van der Waals surface area contributed by atoms with Gasteiger partial charge in [0.1, 0.15) is 11.6 Å². The number of carbonyl (C=O) groups is 1. The minimum absolute atomic E-state index is 0.102. The summed E-state index contributed by atoms with van der Waals surface area (Å²) < 4.78 is 18.7. The molecule has 1 N–H and O–H groups in total. The molecule has 0 radical (unpaired) electrons. The summed E-state index contributed by atoms with van der Waals surface area (Å²) in [5, 5.41) is 17.4. The number of ether oxygens (including phenoxy) is 1. The van der Waals surface area contributed by atoms with Crippen LogP contribution in [-0.4, -0.2) is 16.1 Å². The maximum Gasteiger partial charge on any atom is 0.338 e. The fourth-order valence-corrected chi connectivity index (χ4v) is 1.39. The maximum atomic E-state index is 13.4. The molecule has 2 aromatic rings. The number of hydrogen-bond donors (Lipinski definition) is 1. The van der Waals surface area contributed by atoms with Crippen LogP contribution in [-0.2, 0) is 0 Å². The van der Waals surface area contributed by atoms with E-state index >= 15 is 0 Å². The monoisotopic (exact) mass is 258 g/mol. The molecule has 0 fully saturated rings. The molecule has 0 aliphatic rings. The van der Waals surface area contributed by atoms with E-state index in [-0.39, 0.29) is 11.6 Å². The molecule has 0 aliphatic carbocycles. The Morgan fingerprint density at radius 1 is 1.37 bits per heavy atom. The van der Waals surface area contributed by atoms with Gasteiger partial charge < -0.3 is 9.84 Å². The molecule has 0 amide bonds. The number of halogens is 1. The highest BCUT2D eigenvalue weighted by Gasteiger charge is 2.11. The van der Waals surface area contributed by atoms with Crippen molar-refractivity contribution in [3.05, 3.63) is 53.5 Å². The third kappa shape index (κ3) is 2.84. The van der Waals surface area contributed by atoms with Crippen molar-refractivity contribution in [3.63, 3.8) is 0 Å². The number of hydrogen-bond acceptors (Lipinski definition) is 4. The van der Waals surface area contributed by atoms with Gasteiger partial charge >= 0.3 is 5.97 Å². The van der Waals surface area contributed by atoms with E-state index in [0.717, 1.165) is 12.1 Å². The lowest BCUT2D eigenvalue weighted by atomic mass is 10.2. The van der Waals surface area contributed by atoms with Crippen molar-refractivity contribution in [2.45, 2.75) is 0 Å². The van der Waals surface area contributed by atoms with Crippen molar-refractivity contribution in [2.24, 2.45) is 0 Å². The average molecular weight is 258 g/mol. The fraction of sp³-hybridized carbons (Fsp3) is 0. The minimum atomic E-state index is -1.35. The normalized spacial score (nSPS) is 9.68. The van der Waals surface area contributed by atoms with Crippen LogP contribution >= 0.6 is 0 Å². The maximum absolute atomic E-state index is 13.4. The van der Waals surface area contributed by atoms with Gasteiger partial charge in [0.2, 0.25) is 5.88 Å². The number of carboxylic acid groups (broad SMARTS) is 1. The van der Waals surface area contributed by atoms with Crippen LogP contribution in [0.5, 0.6) is 11.6 Å². The van der Waals surface area contributed by atoms with E-state index in [1.165, 1.54) is 24.4 Å². The Morgan fingerprint density at radius 3 is 2.79 bits per heavy atom. The van der Waals surface area contributed by atoms with Crippen molar-refractivity contribution in [3.8, 4) is 17.7 Å². The van der Waals surface area contributed by atoms with E-state index in [4.69, 9.17) is 15.1 Å². The summed E-state index contributed by atoms with van der Waals surface area (Å²) >= 11 is 0. The highest BCUT2D eigenvalue weighted by atomic mass is 19.1. The number of rotatable bonds is 3. The summed E-state index contributed by atoms with van der Waals surface area (Å²) in [4.78, 5) is 14.5. The fourth-order valence-electron chi connectivity index (χ4n) is 1.39. The summed E-state index contributed by atoms with van der Waals surface area (Å²) in [6.07, 6.45) is 1.38. The Morgan fingerprint density at radius 2 is 2.16 bits per heavy atom. The smallest absolute Gasteiger partial charge is 0.338 e. The minimum Gasteiger partial charge on any atom is -0.478 e. The van der Waals surface area contributed by atoms with Gasteiger partial charge in [-0.25, -0.2) is 14.2 Å².